The van der Waals surface area contributed by atoms with E-state index in [4.69, 9.17) is 9.47 Å². The van der Waals surface area contributed by atoms with E-state index in [2.05, 4.69) is 13.8 Å². The van der Waals surface area contributed by atoms with Crippen LogP contribution in [0.2, 0.25) is 0 Å². The summed E-state index contributed by atoms with van der Waals surface area (Å²) in [6.45, 7) is 4.33. The van der Waals surface area contributed by atoms with Crippen molar-refractivity contribution < 1.29 is 23.9 Å². The van der Waals surface area contributed by atoms with Gasteiger partial charge in [-0.05, 0) is 35.6 Å². The maximum Gasteiger partial charge on any atom is 0.185 e. The Morgan fingerprint density at radius 1 is 0.844 bits per heavy atom. The quantitative estimate of drug-likeness (QED) is 0.166. The van der Waals surface area contributed by atoms with E-state index in [1.54, 1.807) is 50.6 Å². The van der Waals surface area contributed by atoms with Crippen molar-refractivity contribution in [1.82, 2.24) is 0 Å². The van der Waals surface area contributed by atoms with Gasteiger partial charge >= 0.3 is 0 Å². The second kappa shape index (κ2) is 10.9. The van der Waals surface area contributed by atoms with Gasteiger partial charge < -0.3 is 14.4 Å². The standard InChI is InChI=1S/C39H35NO5/c1-23(2)21-24-13-15-26(16-14-24)36(41)35-34(30-19-18-27(44-3)22-32(30)45-4)39(37(42)28-10-6-7-11-29(28)38(39)43)33-20-17-25-9-5-8-12-31(25)40(33)35/h5-20,22-23,33-35H,21H2,1-4H3/t33-,34+,35+/m0/s1. The van der Waals surface area contributed by atoms with E-state index < -0.39 is 23.4 Å². The van der Waals surface area contributed by atoms with Crippen LogP contribution in [0.4, 0.5) is 5.69 Å². The summed E-state index contributed by atoms with van der Waals surface area (Å²) < 4.78 is 11.4. The van der Waals surface area contributed by atoms with Gasteiger partial charge in [-0.2, -0.15) is 0 Å². The lowest BCUT2D eigenvalue weighted by atomic mass is 9.64. The van der Waals surface area contributed by atoms with Crippen LogP contribution in [0.3, 0.4) is 0 Å². The molecule has 1 aliphatic carbocycles. The van der Waals surface area contributed by atoms with Crippen molar-refractivity contribution in [3.05, 3.63) is 130 Å². The number of carbonyl (C=O) groups excluding carboxylic acids is 3. The molecule has 3 aliphatic rings. The van der Waals surface area contributed by atoms with E-state index in [-0.39, 0.29) is 17.3 Å². The van der Waals surface area contributed by atoms with E-state index >= 15 is 4.79 Å². The number of fused-ring (bicyclic) bond motifs is 5. The Kier molecular flexibility index (Phi) is 6.96. The Morgan fingerprint density at radius 2 is 1.51 bits per heavy atom. The van der Waals surface area contributed by atoms with Gasteiger partial charge in [0.2, 0.25) is 0 Å². The zero-order chi connectivity index (χ0) is 31.5. The monoisotopic (exact) mass is 597 g/mol. The zero-order valence-electron chi connectivity index (χ0n) is 25.8. The van der Waals surface area contributed by atoms with Crippen LogP contribution in [0.25, 0.3) is 6.08 Å². The third-order valence-corrected chi connectivity index (χ3v) is 9.64. The van der Waals surface area contributed by atoms with Gasteiger partial charge in [-0.15, -0.1) is 0 Å². The van der Waals surface area contributed by atoms with Crippen LogP contribution in [0.15, 0.2) is 97.1 Å². The van der Waals surface area contributed by atoms with E-state index in [1.807, 2.05) is 71.6 Å². The first-order valence-corrected chi connectivity index (χ1v) is 15.4. The summed E-state index contributed by atoms with van der Waals surface area (Å²) >= 11 is 0. The zero-order valence-corrected chi connectivity index (χ0v) is 25.8. The van der Waals surface area contributed by atoms with E-state index in [0.717, 1.165) is 23.2 Å². The lowest BCUT2D eigenvalue weighted by Gasteiger charge is -2.37. The summed E-state index contributed by atoms with van der Waals surface area (Å²) in [5.41, 5.74) is 3.20. The van der Waals surface area contributed by atoms with Gasteiger partial charge in [-0.1, -0.05) is 98.8 Å². The van der Waals surface area contributed by atoms with Crippen LogP contribution < -0.4 is 14.4 Å². The number of benzene rings is 4. The lowest BCUT2D eigenvalue weighted by Crippen LogP contribution is -2.48. The van der Waals surface area contributed by atoms with E-state index in [1.165, 1.54) is 0 Å². The molecule has 6 nitrogen and oxygen atoms in total. The number of para-hydroxylation sites is 1. The van der Waals surface area contributed by atoms with Crippen molar-refractivity contribution in [3.8, 4) is 11.5 Å². The number of ketones is 3. The second-order valence-electron chi connectivity index (χ2n) is 12.5. The Balaban J connectivity index is 1.51. The predicted molar refractivity (Wildman–Crippen MR) is 175 cm³/mol. The Labute approximate surface area is 263 Å². The normalized spacial score (nSPS) is 20.7. The Hall–Kier alpha value is -4.97. The maximum atomic E-state index is 15.0. The number of nitrogens with zero attached hydrogens (tertiary/aromatic N) is 1. The van der Waals surface area contributed by atoms with Gasteiger partial charge in [0.15, 0.2) is 17.3 Å². The molecule has 4 aromatic carbocycles. The number of ether oxygens (including phenoxy) is 2. The van der Waals surface area contributed by atoms with Crippen LogP contribution in [0.5, 0.6) is 11.5 Å². The number of hydrogen-bond acceptors (Lipinski definition) is 6. The molecule has 0 radical (unpaired) electrons. The number of anilines is 1. The van der Waals surface area contributed by atoms with E-state index in [0.29, 0.717) is 39.7 Å². The largest absolute Gasteiger partial charge is 0.497 e. The molecule has 1 spiro atoms. The van der Waals surface area contributed by atoms with Gasteiger partial charge in [0.1, 0.15) is 23.0 Å². The number of rotatable bonds is 7. The van der Waals surface area contributed by atoms with Crippen molar-refractivity contribution in [2.45, 2.75) is 38.3 Å². The average Bonchev–Trinajstić information content (AvgIpc) is 3.50. The highest BCUT2D eigenvalue weighted by molar-refractivity contribution is 6.32. The molecule has 45 heavy (non-hydrogen) atoms. The van der Waals surface area contributed by atoms with Crippen molar-refractivity contribution in [1.29, 1.82) is 0 Å². The summed E-state index contributed by atoms with van der Waals surface area (Å²) in [6.07, 6.45) is 4.81. The van der Waals surface area contributed by atoms with Gasteiger partial charge in [0, 0.05) is 39.9 Å². The molecular formula is C39H35NO5. The van der Waals surface area contributed by atoms with Crippen molar-refractivity contribution in [3.63, 3.8) is 0 Å². The molecule has 0 saturated carbocycles. The van der Waals surface area contributed by atoms with E-state index in [9.17, 15) is 9.59 Å². The fourth-order valence-corrected chi connectivity index (χ4v) is 7.78. The maximum absolute atomic E-state index is 15.0. The van der Waals surface area contributed by atoms with Crippen LogP contribution in [-0.2, 0) is 6.42 Å². The van der Waals surface area contributed by atoms with Crippen molar-refractivity contribution in [2.24, 2.45) is 11.3 Å². The first kappa shape index (κ1) is 28.8. The fourth-order valence-electron chi connectivity index (χ4n) is 7.78. The topological polar surface area (TPSA) is 72.9 Å². The molecule has 1 fully saturated rings. The third-order valence-electron chi connectivity index (χ3n) is 9.64. The summed E-state index contributed by atoms with van der Waals surface area (Å²) in [4.78, 5) is 46.8. The van der Waals surface area contributed by atoms with Crippen LogP contribution in [-0.4, -0.2) is 43.7 Å². The summed E-state index contributed by atoms with van der Waals surface area (Å²) in [5.74, 6) is -0.0577. The molecule has 226 valence electrons. The molecule has 2 aliphatic heterocycles. The van der Waals surface area contributed by atoms with Gasteiger partial charge in [-0.25, -0.2) is 0 Å². The molecule has 7 rings (SSSR count). The number of hydrogen-bond donors (Lipinski definition) is 0. The molecule has 6 heteroatoms. The third kappa shape index (κ3) is 4.19. The Bertz CT molecular complexity index is 1840. The van der Waals surface area contributed by atoms with Gasteiger partial charge in [0.25, 0.3) is 0 Å². The highest BCUT2D eigenvalue weighted by atomic mass is 16.5. The molecule has 1 saturated heterocycles. The van der Waals surface area contributed by atoms with Crippen LogP contribution in [0, 0.1) is 11.3 Å². The number of methoxy groups -OCH3 is 2. The van der Waals surface area contributed by atoms with Crippen molar-refractivity contribution in [2.75, 3.05) is 19.1 Å². The molecule has 0 unspecified atom stereocenters. The molecule has 0 amide bonds. The number of carbonyl (C=O) groups is 3. The van der Waals surface area contributed by atoms with Crippen LogP contribution >= 0.6 is 0 Å². The average molecular weight is 598 g/mol. The minimum atomic E-state index is -1.60. The smallest absolute Gasteiger partial charge is 0.185 e. The minimum Gasteiger partial charge on any atom is -0.497 e. The first-order valence-electron chi connectivity index (χ1n) is 15.4. The van der Waals surface area contributed by atoms with Gasteiger partial charge in [0.05, 0.1) is 20.3 Å². The molecule has 0 N–H and O–H groups in total. The first-order chi connectivity index (χ1) is 21.8. The number of Topliss-reactive ketones (excluding diaryl/α,β-unsaturated/α-hetero) is 3. The summed E-state index contributed by atoms with van der Waals surface area (Å²) in [6, 6.07) is 26.4. The SMILES string of the molecule is COc1ccc([C@@H]2[C@H](C(=O)c3ccc(CC(C)C)cc3)N3c4ccccc4C=C[C@H]3C23C(=O)c2ccccc2C3=O)c(OC)c1. The second-order valence-corrected chi connectivity index (χ2v) is 12.5. The summed E-state index contributed by atoms with van der Waals surface area (Å²) in [7, 11) is 3.13. The molecule has 3 atom stereocenters. The molecule has 4 aromatic rings. The predicted octanol–water partition coefficient (Wildman–Crippen LogP) is 7.22. The highest BCUT2D eigenvalue weighted by Gasteiger charge is 2.72. The minimum absolute atomic E-state index is 0.155. The molecule has 0 bridgehead atoms. The molecule has 0 aromatic heterocycles. The van der Waals surface area contributed by atoms with Crippen LogP contribution in [0.1, 0.15) is 67.5 Å². The Morgan fingerprint density at radius 3 is 2.16 bits per heavy atom. The summed E-state index contributed by atoms with van der Waals surface area (Å²) in [5, 5.41) is 0. The highest BCUT2D eigenvalue weighted by Crippen LogP contribution is 2.62. The fraction of sp³-hybridized carbons (Fsp3) is 0.256. The van der Waals surface area contributed by atoms with Crippen molar-refractivity contribution >= 4 is 29.1 Å². The lowest BCUT2D eigenvalue weighted by molar-refractivity contribution is 0.0665. The molecular weight excluding hydrogens is 562 g/mol. The molecule has 2 heterocycles. The van der Waals surface area contributed by atoms with Gasteiger partial charge in [-0.3, -0.25) is 14.4 Å².